The van der Waals surface area contributed by atoms with Crippen molar-refractivity contribution < 1.29 is 19.1 Å². The van der Waals surface area contributed by atoms with Gasteiger partial charge in [0, 0.05) is 37.1 Å². The number of aromatic hydroxyl groups is 1. The van der Waals surface area contributed by atoms with E-state index in [9.17, 15) is 19.5 Å². The Bertz CT molecular complexity index is 1930. The smallest absolute Gasteiger partial charge is 0.283 e. The van der Waals surface area contributed by atoms with E-state index in [1.807, 2.05) is 25.7 Å². The second kappa shape index (κ2) is 10.4. The zero-order chi connectivity index (χ0) is 31.7. The third kappa shape index (κ3) is 4.41. The number of phenolic OH excluding ortho intramolecular Hbond substituents is 1. The third-order valence-electron chi connectivity index (χ3n) is 8.12. The number of amides is 2. The Kier molecular flexibility index (Phi) is 6.96. The number of rotatable bonds is 3. The Morgan fingerprint density at radius 3 is 2.59 bits per heavy atom. The molecule has 0 bridgehead atoms. The van der Waals surface area contributed by atoms with Gasteiger partial charge in [0.2, 0.25) is 5.91 Å². The number of nitrogens with zero attached hydrogens (tertiary/aromatic N) is 6. The molecule has 0 spiro atoms. The first kappa shape index (κ1) is 29.3. The van der Waals surface area contributed by atoms with Crippen molar-refractivity contribution >= 4 is 45.8 Å². The molecule has 4 aromatic rings. The molecule has 2 amide bonds. The first-order chi connectivity index (χ1) is 20.8. The van der Waals surface area contributed by atoms with Crippen LogP contribution in [-0.2, 0) is 15.0 Å². The van der Waals surface area contributed by atoms with Crippen LogP contribution < -0.4 is 15.4 Å². The quantitative estimate of drug-likeness (QED) is 0.339. The first-order valence-corrected chi connectivity index (χ1v) is 14.4. The summed E-state index contributed by atoms with van der Waals surface area (Å²) >= 11 is 6.79. The number of aromatic nitrogens is 3. The van der Waals surface area contributed by atoms with Gasteiger partial charge in [-0.25, -0.2) is 9.37 Å². The SMILES string of the molecule is C=CC(=O)N1CCN2c3c(c(=O)n(-c4cccnc4C(C)(C)C)c4nc(-c5c(O)cccc5F)c(Cl)cc34)N(C)C(=O)[C@H]2C1. The van der Waals surface area contributed by atoms with Gasteiger partial charge in [-0.15, -0.1) is 0 Å². The zero-order valence-corrected chi connectivity index (χ0v) is 25.4. The fourth-order valence-corrected chi connectivity index (χ4v) is 6.32. The van der Waals surface area contributed by atoms with Gasteiger partial charge in [0.25, 0.3) is 11.5 Å². The summed E-state index contributed by atoms with van der Waals surface area (Å²) in [6, 6.07) is 8.12. The lowest BCUT2D eigenvalue weighted by Crippen LogP contribution is -2.63. The van der Waals surface area contributed by atoms with Crippen molar-refractivity contribution in [2.45, 2.75) is 32.2 Å². The summed E-state index contributed by atoms with van der Waals surface area (Å²) < 4.78 is 16.5. The number of carbonyl (C=O) groups is 2. The number of hydrogen-bond donors (Lipinski definition) is 1. The summed E-state index contributed by atoms with van der Waals surface area (Å²) in [5.41, 5.74) is 0.406. The van der Waals surface area contributed by atoms with Crippen molar-refractivity contribution in [1.82, 2.24) is 19.4 Å². The Morgan fingerprint density at radius 1 is 1.16 bits per heavy atom. The number of likely N-dealkylation sites (N-methyl/N-ethyl adjacent to an activating group) is 1. The van der Waals surface area contributed by atoms with Crippen LogP contribution in [0.15, 0.2) is 60.0 Å². The van der Waals surface area contributed by atoms with Gasteiger partial charge in [-0.1, -0.05) is 45.0 Å². The van der Waals surface area contributed by atoms with E-state index in [1.165, 1.54) is 40.8 Å². The van der Waals surface area contributed by atoms with Gasteiger partial charge >= 0.3 is 0 Å². The van der Waals surface area contributed by atoms with Crippen LogP contribution in [0.4, 0.5) is 15.8 Å². The van der Waals surface area contributed by atoms with Crippen LogP contribution in [0.1, 0.15) is 26.5 Å². The molecule has 44 heavy (non-hydrogen) atoms. The summed E-state index contributed by atoms with van der Waals surface area (Å²) in [4.78, 5) is 54.9. The minimum Gasteiger partial charge on any atom is -0.507 e. The van der Waals surface area contributed by atoms with Crippen LogP contribution in [-0.4, -0.2) is 69.1 Å². The predicted octanol–water partition coefficient (Wildman–Crippen LogP) is 4.42. The van der Waals surface area contributed by atoms with Gasteiger partial charge in [0.05, 0.1) is 39.9 Å². The number of pyridine rings is 3. The summed E-state index contributed by atoms with van der Waals surface area (Å²) in [5.74, 6) is -1.75. The van der Waals surface area contributed by atoms with Gasteiger partial charge in [0.1, 0.15) is 28.9 Å². The number of benzene rings is 1. The molecule has 2 aliphatic heterocycles. The Balaban J connectivity index is 1.74. The van der Waals surface area contributed by atoms with Crippen LogP contribution in [0.5, 0.6) is 5.75 Å². The molecular formula is C32H30ClFN6O4. The molecular weight excluding hydrogens is 587 g/mol. The molecule has 6 rings (SSSR count). The lowest BCUT2D eigenvalue weighted by atomic mass is 9.90. The highest BCUT2D eigenvalue weighted by Gasteiger charge is 2.44. The number of carbonyl (C=O) groups excluding carboxylic acids is 2. The van der Waals surface area contributed by atoms with E-state index in [0.717, 1.165) is 0 Å². The molecule has 10 nitrogen and oxygen atoms in total. The highest BCUT2D eigenvalue weighted by molar-refractivity contribution is 6.34. The minimum atomic E-state index is -0.777. The van der Waals surface area contributed by atoms with E-state index >= 15 is 4.39 Å². The topological polar surface area (TPSA) is 112 Å². The normalized spacial score (nSPS) is 16.6. The van der Waals surface area contributed by atoms with Gasteiger partial charge in [0.15, 0.2) is 0 Å². The molecule has 2 aliphatic rings. The van der Waals surface area contributed by atoms with Crippen LogP contribution in [0.3, 0.4) is 0 Å². The van der Waals surface area contributed by atoms with Gasteiger partial charge < -0.3 is 19.8 Å². The minimum absolute atomic E-state index is 0.0316. The standard InChI is InChI=1S/C32H30ClFN6O4/c1-6-23(42)38-13-14-39-21(16-38)30(43)37(5)27-26(39)17-15-18(33)25(24-19(34)9-7-11-22(24)41)36-29(17)40(31(27)44)20-10-8-12-35-28(20)32(2,3)4/h6-12,15,21,41H,1,13-14,16H2,2-5H3/t21-/m1/s1. The van der Waals surface area contributed by atoms with Crippen LogP contribution in [0.25, 0.3) is 28.0 Å². The lowest BCUT2D eigenvalue weighted by Gasteiger charge is -2.47. The molecule has 1 N–H and O–H groups in total. The molecule has 226 valence electrons. The predicted molar refractivity (Wildman–Crippen MR) is 167 cm³/mol. The zero-order valence-electron chi connectivity index (χ0n) is 24.6. The molecule has 1 atom stereocenters. The van der Waals surface area contributed by atoms with Crippen molar-refractivity contribution in [2.24, 2.45) is 0 Å². The summed E-state index contributed by atoms with van der Waals surface area (Å²) in [6.45, 7) is 10.1. The Morgan fingerprint density at radius 2 is 1.91 bits per heavy atom. The maximum atomic E-state index is 15.1. The molecule has 1 aromatic carbocycles. The maximum Gasteiger partial charge on any atom is 0.283 e. The van der Waals surface area contributed by atoms with E-state index in [0.29, 0.717) is 29.0 Å². The van der Waals surface area contributed by atoms with Crippen molar-refractivity contribution in [3.63, 3.8) is 0 Å². The molecule has 1 fully saturated rings. The molecule has 5 heterocycles. The van der Waals surface area contributed by atoms with E-state index in [1.54, 1.807) is 29.3 Å². The average molecular weight is 617 g/mol. The number of fused-ring (bicyclic) bond motifs is 5. The monoisotopic (exact) mass is 616 g/mol. The number of piperazine rings is 1. The second-order valence-corrected chi connectivity index (χ2v) is 12.3. The maximum absolute atomic E-state index is 15.1. The highest BCUT2D eigenvalue weighted by Crippen LogP contribution is 2.44. The number of anilines is 2. The lowest BCUT2D eigenvalue weighted by molar-refractivity contribution is -0.128. The van der Waals surface area contributed by atoms with Crippen LogP contribution >= 0.6 is 11.6 Å². The van der Waals surface area contributed by atoms with E-state index in [-0.39, 0.29) is 58.3 Å². The van der Waals surface area contributed by atoms with Crippen molar-refractivity contribution in [1.29, 1.82) is 0 Å². The molecule has 0 radical (unpaired) electrons. The third-order valence-corrected chi connectivity index (χ3v) is 8.41. The van der Waals surface area contributed by atoms with Crippen molar-refractivity contribution in [3.05, 3.63) is 82.1 Å². The molecule has 0 saturated carbocycles. The number of halogens is 2. The van der Waals surface area contributed by atoms with Gasteiger partial charge in [-0.3, -0.25) is 23.9 Å². The van der Waals surface area contributed by atoms with E-state index in [2.05, 4.69) is 11.6 Å². The molecule has 12 heteroatoms. The van der Waals surface area contributed by atoms with E-state index in [4.69, 9.17) is 16.6 Å². The van der Waals surface area contributed by atoms with Crippen LogP contribution in [0.2, 0.25) is 5.02 Å². The van der Waals surface area contributed by atoms with Crippen molar-refractivity contribution in [3.8, 4) is 22.7 Å². The summed E-state index contributed by atoms with van der Waals surface area (Å²) in [6.07, 6.45) is 2.84. The number of hydrogen-bond acceptors (Lipinski definition) is 7. The molecule has 0 aliphatic carbocycles. The highest BCUT2D eigenvalue weighted by atomic mass is 35.5. The molecule has 3 aromatic heterocycles. The summed E-state index contributed by atoms with van der Waals surface area (Å²) in [7, 11) is 1.53. The van der Waals surface area contributed by atoms with Gasteiger partial charge in [-0.05, 0) is 36.4 Å². The van der Waals surface area contributed by atoms with Crippen molar-refractivity contribution in [2.75, 3.05) is 36.5 Å². The Labute approximate surface area is 257 Å². The fourth-order valence-electron chi connectivity index (χ4n) is 6.07. The van der Waals surface area contributed by atoms with Gasteiger partial charge in [-0.2, -0.15) is 0 Å². The first-order valence-electron chi connectivity index (χ1n) is 14.0. The average Bonchev–Trinajstić information content (AvgIpc) is 2.99. The van der Waals surface area contributed by atoms with E-state index < -0.39 is 22.8 Å². The largest absolute Gasteiger partial charge is 0.507 e. The molecule has 0 unspecified atom stereocenters. The van der Waals surface area contributed by atoms with Crippen LogP contribution in [0, 0.1) is 5.82 Å². The Hall–Kier alpha value is -4.77. The second-order valence-electron chi connectivity index (χ2n) is 11.9. The fraction of sp³-hybridized carbons (Fsp3) is 0.281. The molecule has 1 saturated heterocycles. The summed E-state index contributed by atoms with van der Waals surface area (Å²) in [5, 5.41) is 11.1. The number of phenols is 1.